The quantitative estimate of drug-likeness (QED) is 0.881. The number of hydrogen-bond donors (Lipinski definition) is 2. The summed E-state index contributed by atoms with van der Waals surface area (Å²) >= 11 is 0. The van der Waals surface area contributed by atoms with Gasteiger partial charge in [-0.25, -0.2) is 0 Å². The van der Waals surface area contributed by atoms with Crippen LogP contribution >= 0.6 is 0 Å². The summed E-state index contributed by atoms with van der Waals surface area (Å²) in [7, 11) is 1.62. The first kappa shape index (κ1) is 15.6. The Labute approximate surface area is 135 Å². The fourth-order valence-corrected chi connectivity index (χ4v) is 2.89. The third kappa shape index (κ3) is 3.71. The zero-order valence-corrected chi connectivity index (χ0v) is 13.1. The van der Waals surface area contributed by atoms with E-state index in [2.05, 4.69) is 10.5 Å². The fourth-order valence-electron chi connectivity index (χ4n) is 2.89. The molecule has 0 aliphatic heterocycles. The second-order valence-electron chi connectivity index (χ2n) is 5.90. The summed E-state index contributed by atoms with van der Waals surface area (Å²) in [6, 6.07) is 9.57. The highest BCUT2D eigenvalue weighted by Gasteiger charge is 2.27. The molecule has 1 amide bonds. The predicted molar refractivity (Wildman–Crippen MR) is 85.7 cm³/mol. The Morgan fingerprint density at radius 1 is 1.43 bits per heavy atom. The molecule has 1 saturated carbocycles. The molecule has 6 heteroatoms. The third-order valence-corrected chi connectivity index (χ3v) is 4.21. The zero-order chi connectivity index (χ0) is 16.2. The van der Waals surface area contributed by atoms with Gasteiger partial charge in [-0.05, 0) is 31.4 Å². The summed E-state index contributed by atoms with van der Waals surface area (Å²) in [5.74, 6) is 1.44. The number of rotatable bonds is 5. The van der Waals surface area contributed by atoms with Crippen molar-refractivity contribution in [3.63, 3.8) is 0 Å². The predicted octanol–water partition coefficient (Wildman–Crippen LogP) is 2.09. The first-order valence-corrected chi connectivity index (χ1v) is 7.79. The second kappa shape index (κ2) is 6.83. The van der Waals surface area contributed by atoms with E-state index in [0.29, 0.717) is 12.3 Å². The van der Waals surface area contributed by atoms with Crippen LogP contribution in [0.2, 0.25) is 0 Å². The molecule has 3 rings (SSSR count). The highest BCUT2D eigenvalue weighted by atomic mass is 16.5. The van der Waals surface area contributed by atoms with Crippen molar-refractivity contribution in [1.29, 1.82) is 0 Å². The largest absolute Gasteiger partial charge is 0.497 e. The molecule has 0 unspecified atom stereocenters. The van der Waals surface area contributed by atoms with Crippen LogP contribution in [0.15, 0.2) is 34.9 Å². The van der Waals surface area contributed by atoms with Crippen molar-refractivity contribution in [3.8, 4) is 17.0 Å². The molecule has 2 aromatic rings. The Kier molecular flexibility index (Phi) is 4.62. The van der Waals surface area contributed by atoms with Gasteiger partial charge in [0.25, 0.3) is 0 Å². The highest BCUT2D eigenvalue weighted by molar-refractivity contribution is 5.79. The molecule has 1 aromatic carbocycles. The molecule has 23 heavy (non-hydrogen) atoms. The van der Waals surface area contributed by atoms with Gasteiger partial charge in [0.05, 0.1) is 13.7 Å². The Morgan fingerprint density at radius 3 is 3.04 bits per heavy atom. The molecule has 0 spiro atoms. The number of amides is 1. The van der Waals surface area contributed by atoms with E-state index < -0.39 is 0 Å². The van der Waals surface area contributed by atoms with E-state index >= 15 is 0 Å². The van der Waals surface area contributed by atoms with Gasteiger partial charge in [-0.1, -0.05) is 17.3 Å². The maximum Gasteiger partial charge on any atom is 0.223 e. The van der Waals surface area contributed by atoms with Crippen molar-refractivity contribution in [1.82, 2.24) is 10.5 Å². The van der Waals surface area contributed by atoms with Crippen molar-refractivity contribution < 1.29 is 14.1 Å². The lowest BCUT2D eigenvalue weighted by molar-refractivity contribution is -0.125. The number of benzene rings is 1. The van der Waals surface area contributed by atoms with Crippen LogP contribution in [0, 0.1) is 5.92 Å². The molecule has 1 heterocycles. The minimum absolute atomic E-state index is 0.0192. The molecule has 2 atom stereocenters. The number of aromatic nitrogens is 1. The smallest absolute Gasteiger partial charge is 0.223 e. The molecule has 1 aliphatic carbocycles. The molecule has 122 valence electrons. The summed E-state index contributed by atoms with van der Waals surface area (Å²) in [5, 5.41) is 6.94. The Bertz CT molecular complexity index is 683. The lowest BCUT2D eigenvalue weighted by Crippen LogP contribution is -2.29. The molecule has 1 aromatic heterocycles. The second-order valence-corrected chi connectivity index (χ2v) is 5.90. The Morgan fingerprint density at radius 2 is 2.30 bits per heavy atom. The van der Waals surface area contributed by atoms with Crippen molar-refractivity contribution in [2.24, 2.45) is 11.7 Å². The maximum atomic E-state index is 12.1. The minimum atomic E-state index is 0.0192. The Hall–Kier alpha value is -2.34. The number of carbonyl (C=O) groups excluding carboxylic acids is 1. The van der Waals surface area contributed by atoms with Crippen LogP contribution in [-0.4, -0.2) is 24.2 Å². The number of carbonyl (C=O) groups is 1. The van der Waals surface area contributed by atoms with Gasteiger partial charge in [0.1, 0.15) is 11.4 Å². The summed E-state index contributed by atoms with van der Waals surface area (Å²) < 4.78 is 10.5. The topological polar surface area (TPSA) is 90.4 Å². The van der Waals surface area contributed by atoms with Crippen LogP contribution in [0.3, 0.4) is 0 Å². The third-order valence-electron chi connectivity index (χ3n) is 4.21. The van der Waals surface area contributed by atoms with E-state index in [0.717, 1.165) is 36.3 Å². The normalized spacial score (nSPS) is 20.4. The van der Waals surface area contributed by atoms with Gasteiger partial charge < -0.3 is 20.3 Å². The van der Waals surface area contributed by atoms with Crippen LogP contribution in [-0.2, 0) is 11.3 Å². The van der Waals surface area contributed by atoms with E-state index in [9.17, 15) is 4.79 Å². The van der Waals surface area contributed by atoms with E-state index in [1.807, 2.05) is 30.3 Å². The monoisotopic (exact) mass is 315 g/mol. The van der Waals surface area contributed by atoms with E-state index in [1.165, 1.54) is 0 Å². The van der Waals surface area contributed by atoms with E-state index in [1.54, 1.807) is 7.11 Å². The molecular weight excluding hydrogens is 294 g/mol. The number of nitrogens with zero attached hydrogens (tertiary/aromatic N) is 1. The van der Waals surface area contributed by atoms with Gasteiger partial charge in [0.15, 0.2) is 5.76 Å². The lowest BCUT2D eigenvalue weighted by Gasteiger charge is -2.08. The summed E-state index contributed by atoms with van der Waals surface area (Å²) in [6.45, 7) is 0.335. The average Bonchev–Trinajstić information content (AvgIpc) is 3.22. The average molecular weight is 315 g/mol. The molecule has 0 bridgehead atoms. The summed E-state index contributed by atoms with van der Waals surface area (Å²) in [5.41, 5.74) is 7.47. The number of hydrogen-bond acceptors (Lipinski definition) is 5. The number of methoxy groups -OCH3 is 1. The van der Waals surface area contributed by atoms with Crippen molar-refractivity contribution in [2.45, 2.75) is 31.8 Å². The number of nitrogens with one attached hydrogen (secondary N) is 1. The summed E-state index contributed by atoms with van der Waals surface area (Å²) in [6.07, 6.45) is 2.54. The van der Waals surface area contributed by atoms with Gasteiger partial charge >= 0.3 is 0 Å². The zero-order valence-electron chi connectivity index (χ0n) is 13.1. The van der Waals surface area contributed by atoms with Crippen LogP contribution < -0.4 is 15.8 Å². The van der Waals surface area contributed by atoms with Gasteiger partial charge in [0.2, 0.25) is 5.91 Å². The van der Waals surface area contributed by atoms with Crippen molar-refractivity contribution >= 4 is 5.91 Å². The first-order valence-electron chi connectivity index (χ1n) is 7.79. The van der Waals surface area contributed by atoms with Crippen LogP contribution in [0.5, 0.6) is 5.75 Å². The standard InChI is InChI=1S/C17H21N3O3/c1-22-14-4-2-3-11(8-14)16-9-15(23-20-16)10-19-17(21)12-5-6-13(18)7-12/h2-4,8-9,12-13H,5-7,10,18H2,1H3,(H,19,21)/t12-,13+/m1/s1. The van der Waals surface area contributed by atoms with Crippen LogP contribution in [0.1, 0.15) is 25.0 Å². The molecule has 0 saturated heterocycles. The minimum Gasteiger partial charge on any atom is -0.497 e. The molecule has 6 nitrogen and oxygen atoms in total. The highest BCUT2D eigenvalue weighted by Crippen LogP contribution is 2.25. The van der Waals surface area contributed by atoms with E-state index in [-0.39, 0.29) is 17.9 Å². The van der Waals surface area contributed by atoms with Crippen LogP contribution in [0.4, 0.5) is 0 Å². The maximum absolute atomic E-state index is 12.1. The molecule has 0 radical (unpaired) electrons. The van der Waals surface area contributed by atoms with Gasteiger partial charge in [-0.3, -0.25) is 4.79 Å². The van der Waals surface area contributed by atoms with Crippen molar-refractivity contribution in [3.05, 3.63) is 36.1 Å². The molecular formula is C17H21N3O3. The van der Waals surface area contributed by atoms with Crippen molar-refractivity contribution in [2.75, 3.05) is 7.11 Å². The van der Waals surface area contributed by atoms with E-state index in [4.69, 9.17) is 15.0 Å². The molecule has 1 aliphatic rings. The number of nitrogens with two attached hydrogens (primary N) is 1. The fraction of sp³-hybridized carbons (Fsp3) is 0.412. The van der Waals surface area contributed by atoms with Gasteiger partial charge in [-0.2, -0.15) is 0 Å². The molecule has 1 fully saturated rings. The first-order chi connectivity index (χ1) is 11.2. The van der Waals surface area contributed by atoms with Gasteiger partial charge in [0, 0.05) is 23.6 Å². The summed E-state index contributed by atoms with van der Waals surface area (Å²) in [4.78, 5) is 12.1. The van der Waals surface area contributed by atoms with Crippen LogP contribution in [0.25, 0.3) is 11.3 Å². The van der Waals surface area contributed by atoms with Gasteiger partial charge in [-0.15, -0.1) is 0 Å². The lowest BCUT2D eigenvalue weighted by atomic mass is 10.1. The number of ether oxygens (including phenoxy) is 1. The SMILES string of the molecule is COc1cccc(-c2cc(CNC(=O)[C@@H]3CC[C@H](N)C3)on2)c1. The molecule has 3 N–H and O–H groups in total. The Balaban J connectivity index is 1.60.